The molecular formula is C18H20N2O2S. The first kappa shape index (κ1) is 16.1. The fraction of sp³-hybridized carbons (Fsp3) is 0.500. The van der Waals surface area contributed by atoms with Crippen molar-refractivity contribution in [3.05, 3.63) is 34.5 Å². The molecule has 0 unspecified atom stereocenters. The Hall–Kier alpha value is -1.80. The quantitative estimate of drug-likeness (QED) is 0.481. The van der Waals surface area contributed by atoms with Gasteiger partial charge in [-0.3, -0.25) is 4.79 Å². The number of esters is 1. The van der Waals surface area contributed by atoms with E-state index in [0.717, 1.165) is 44.2 Å². The van der Waals surface area contributed by atoms with E-state index in [1.165, 1.54) is 30.0 Å². The highest BCUT2D eigenvalue weighted by atomic mass is 32.2. The van der Waals surface area contributed by atoms with Crippen molar-refractivity contribution in [2.75, 3.05) is 12.9 Å². The summed E-state index contributed by atoms with van der Waals surface area (Å²) in [5, 5.41) is 10.4. The first-order chi connectivity index (χ1) is 11.2. The van der Waals surface area contributed by atoms with E-state index in [9.17, 15) is 10.1 Å². The summed E-state index contributed by atoms with van der Waals surface area (Å²) in [4.78, 5) is 16.1. The van der Waals surface area contributed by atoms with Crippen LogP contribution in [0, 0.1) is 11.3 Å². The van der Waals surface area contributed by atoms with Crippen molar-refractivity contribution < 1.29 is 9.53 Å². The molecule has 0 aromatic carbocycles. The van der Waals surface area contributed by atoms with Crippen LogP contribution >= 0.6 is 11.8 Å². The Balaban J connectivity index is 2.02. The van der Waals surface area contributed by atoms with Crippen molar-refractivity contribution in [2.45, 2.75) is 49.5 Å². The molecule has 120 valence electrons. The molecule has 0 fully saturated rings. The molecule has 0 N–H and O–H groups in total. The molecule has 0 aliphatic heterocycles. The number of allylic oxidation sites excluding steroid dienone is 2. The number of fused-ring (bicyclic) bond motifs is 1. The second-order valence-corrected chi connectivity index (χ2v) is 6.91. The monoisotopic (exact) mass is 328 g/mol. The van der Waals surface area contributed by atoms with Crippen LogP contribution in [0.3, 0.4) is 0 Å². The van der Waals surface area contributed by atoms with Gasteiger partial charge in [-0.1, -0.05) is 23.9 Å². The number of hydrogen-bond acceptors (Lipinski definition) is 5. The fourth-order valence-electron chi connectivity index (χ4n) is 3.49. The lowest BCUT2D eigenvalue weighted by Gasteiger charge is -2.23. The van der Waals surface area contributed by atoms with Gasteiger partial charge in [0.1, 0.15) is 11.1 Å². The van der Waals surface area contributed by atoms with E-state index in [2.05, 4.69) is 18.2 Å². The lowest BCUT2D eigenvalue weighted by Crippen LogP contribution is -2.11. The number of nitriles is 1. The van der Waals surface area contributed by atoms with Crippen molar-refractivity contribution in [1.82, 2.24) is 4.98 Å². The maximum Gasteiger partial charge on any atom is 0.316 e. The molecule has 2 aliphatic carbocycles. The third-order valence-electron chi connectivity index (χ3n) is 4.58. The van der Waals surface area contributed by atoms with E-state index in [0.29, 0.717) is 16.5 Å². The summed E-state index contributed by atoms with van der Waals surface area (Å²) < 4.78 is 4.71. The third kappa shape index (κ3) is 3.28. The Bertz CT molecular complexity index is 691. The Kier molecular flexibility index (Phi) is 5.02. The normalized spacial score (nSPS) is 19.2. The zero-order chi connectivity index (χ0) is 16.2. The second-order valence-electron chi connectivity index (χ2n) is 5.94. The summed E-state index contributed by atoms with van der Waals surface area (Å²) in [7, 11) is 1.38. The Morgan fingerprint density at radius 3 is 3.04 bits per heavy atom. The van der Waals surface area contributed by atoms with Gasteiger partial charge in [0.2, 0.25) is 0 Å². The van der Waals surface area contributed by atoms with Gasteiger partial charge in [0.05, 0.1) is 18.4 Å². The maximum atomic E-state index is 11.4. The minimum atomic E-state index is -0.289. The number of hydrogen-bond donors (Lipinski definition) is 0. The molecule has 4 nitrogen and oxygen atoms in total. The van der Waals surface area contributed by atoms with Crippen LogP contribution in [0.15, 0.2) is 17.2 Å². The number of aromatic nitrogens is 1. The van der Waals surface area contributed by atoms with E-state index < -0.39 is 0 Å². The van der Waals surface area contributed by atoms with Crippen molar-refractivity contribution in [3.8, 4) is 6.07 Å². The predicted molar refractivity (Wildman–Crippen MR) is 89.4 cm³/mol. The zero-order valence-electron chi connectivity index (χ0n) is 13.3. The second kappa shape index (κ2) is 7.18. The van der Waals surface area contributed by atoms with Gasteiger partial charge in [0, 0.05) is 5.69 Å². The Morgan fingerprint density at radius 2 is 2.35 bits per heavy atom. The number of rotatable bonds is 4. The molecule has 1 aromatic rings. The molecule has 0 bridgehead atoms. The van der Waals surface area contributed by atoms with Gasteiger partial charge in [-0.2, -0.15) is 5.26 Å². The van der Waals surface area contributed by atoms with E-state index in [1.807, 2.05) is 0 Å². The number of pyridine rings is 1. The number of carbonyl (C=O) groups excluding carboxylic acids is 1. The fourth-order valence-corrected chi connectivity index (χ4v) is 4.34. The topological polar surface area (TPSA) is 63.0 Å². The molecule has 0 spiro atoms. The summed E-state index contributed by atoms with van der Waals surface area (Å²) in [6, 6.07) is 2.37. The van der Waals surface area contributed by atoms with Crippen LogP contribution < -0.4 is 0 Å². The lowest BCUT2D eigenvalue weighted by atomic mass is 9.83. The third-order valence-corrected chi connectivity index (χ3v) is 5.53. The molecule has 5 heteroatoms. The minimum Gasteiger partial charge on any atom is -0.468 e. The zero-order valence-corrected chi connectivity index (χ0v) is 14.1. The summed E-state index contributed by atoms with van der Waals surface area (Å²) in [5.41, 5.74) is 4.30. The molecule has 2 aliphatic rings. The Labute approximate surface area is 140 Å². The molecule has 0 amide bonds. The number of methoxy groups -OCH3 is 1. The Morgan fingerprint density at radius 1 is 1.48 bits per heavy atom. The van der Waals surface area contributed by atoms with Crippen molar-refractivity contribution in [1.29, 1.82) is 5.26 Å². The van der Waals surface area contributed by atoms with Crippen LogP contribution in [0.2, 0.25) is 0 Å². The molecule has 23 heavy (non-hydrogen) atoms. The first-order valence-electron chi connectivity index (χ1n) is 8.05. The first-order valence-corrected chi connectivity index (χ1v) is 9.03. The molecule has 0 radical (unpaired) electrons. The van der Waals surface area contributed by atoms with Crippen molar-refractivity contribution in [3.63, 3.8) is 0 Å². The maximum absolute atomic E-state index is 11.4. The van der Waals surface area contributed by atoms with Crippen LogP contribution in [0.1, 0.15) is 54.0 Å². The van der Waals surface area contributed by atoms with Gasteiger partial charge in [0.25, 0.3) is 0 Å². The molecule has 1 atom stereocenters. The van der Waals surface area contributed by atoms with Gasteiger partial charge in [-0.15, -0.1) is 0 Å². The number of carbonyl (C=O) groups is 1. The summed E-state index contributed by atoms with van der Waals surface area (Å²) >= 11 is 1.32. The number of thioether (sulfide) groups is 1. The highest BCUT2D eigenvalue weighted by molar-refractivity contribution is 7.99. The van der Waals surface area contributed by atoms with E-state index in [-0.39, 0.29) is 11.7 Å². The number of ether oxygens (including phenoxy) is 1. The SMILES string of the molecule is COC(=O)CSc1nc2c(c([C@H]3CC=CCC3)c1C#N)CCC2. The minimum absolute atomic E-state index is 0.195. The number of nitrogens with zero attached hydrogens (tertiary/aromatic N) is 2. The average molecular weight is 328 g/mol. The average Bonchev–Trinajstić information content (AvgIpc) is 3.06. The largest absolute Gasteiger partial charge is 0.468 e. The molecule has 1 heterocycles. The van der Waals surface area contributed by atoms with Crippen molar-refractivity contribution in [2.24, 2.45) is 0 Å². The molecule has 1 aromatic heterocycles. The van der Waals surface area contributed by atoms with Crippen LogP contribution in [0.25, 0.3) is 0 Å². The van der Waals surface area contributed by atoms with Crippen LogP contribution in [-0.4, -0.2) is 23.8 Å². The van der Waals surface area contributed by atoms with Crippen LogP contribution in [-0.2, 0) is 22.4 Å². The lowest BCUT2D eigenvalue weighted by molar-refractivity contribution is -0.137. The van der Waals surface area contributed by atoms with Crippen molar-refractivity contribution >= 4 is 17.7 Å². The highest BCUT2D eigenvalue weighted by Gasteiger charge is 2.28. The smallest absolute Gasteiger partial charge is 0.316 e. The molecule has 0 saturated heterocycles. The molecular weight excluding hydrogens is 308 g/mol. The van der Waals surface area contributed by atoms with Crippen LogP contribution in [0.4, 0.5) is 0 Å². The summed E-state index contributed by atoms with van der Waals surface area (Å²) in [5.74, 6) is 0.311. The van der Waals surface area contributed by atoms with Gasteiger partial charge in [-0.05, 0) is 55.6 Å². The standard InChI is InChI=1S/C18H20N2O2S/c1-22-16(21)11-23-18-14(10-19)17(12-6-3-2-4-7-12)13-8-5-9-15(13)20-18/h2-3,12H,4-9,11H2,1H3/t12-/m0/s1. The molecule has 3 rings (SSSR count). The van der Waals surface area contributed by atoms with E-state index in [1.54, 1.807) is 0 Å². The summed E-state index contributed by atoms with van der Waals surface area (Å²) in [6.45, 7) is 0. The van der Waals surface area contributed by atoms with E-state index in [4.69, 9.17) is 9.72 Å². The number of aryl methyl sites for hydroxylation is 1. The summed E-state index contributed by atoms with van der Waals surface area (Å²) in [6.07, 6.45) is 10.7. The van der Waals surface area contributed by atoms with Gasteiger partial charge < -0.3 is 4.74 Å². The molecule has 0 saturated carbocycles. The van der Waals surface area contributed by atoms with E-state index >= 15 is 0 Å². The van der Waals surface area contributed by atoms with Gasteiger partial charge in [0.15, 0.2) is 0 Å². The highest BCUT2D eigenvalue weighted by Crippen LogP contribution is 2.40. The van der Waals surface area contributed by atoms with Crippen LogP contribution in [0.5, 0.6) is 0 Å². The van der Waals surface area contributed by atoms with Gasteiger partial charge in [-0.25, -0.2) is 4.98 Å². The van der Waals surface area contributed by atoms with Gasteiger partial charge >= 0.3 is 5.97 Å². The predicted octanol–water partition coefficient (Wildman–Crippen LogP) is 3.53.